The van der Waals surface area contributed by atoms with Gasteiger partial charge in [-0.2, -0.15) is 0 Å². The summed E-state index contributed by atoms with van der Waals surface area (Å²) < 4.78 is 0. The van der Waals surface area contributed by atoms with Crippen LogP contribution >= 0.6 is 11.8 Å². The highest BCUT2D eigenvalue weighted by atomic mass is 32.2. The van der Waals surface area contributed by atoms with Crippen molar-refractivity contribution < 1.29 is 4.79 Å². The van der Waals surface area contributed by atoms with Crippen molar-refractivity contribution in [1.29, 1.82) is 0 Å². The van der Waals surface area contributed by atoms with Gasteiger partial charge in [0, 0.05) is 17.6 Å². The lowest BCUT2D eigenvalue weighted by Gasteiger charge is -2.36. The lowest BCUT2D eigenvalue weighted by atomic mass is 9.81. The van der Waals surface area contributed by atoms with E-state index in [-0.39, 0.29) is 11.4 Å². The van der Waals surface area contributed by atoms with Crippen LogP contribution in [0.5, 0.6) is 0 Å². The highest BCUT2D eigenvalue weighted by molar-refractivity contribution is 8.13. The first kappa shape index (κ1) is 16.1. The first-order valence-electron chi connectivity index (χ1n) is 8.33. The summed E-state index contributed by atoms with van der Waals surface area (Å²) in [5, 5.41) is 3.57. The molecule has 1 saturated carbocycles. The lowest BCUT2D eigenvalue weighted by Crippen LogP contribution is -2.36. The highest BCUT2D eigenvalue weighted by Gasteiger charge is 2.46. The number of hydrogen-bond donors (Lipinski definition) is 2. The van der Waals surface area contributed by atoms with Gasteiger partial charge < -0.3 is 11.1 Å². The van der Waals surface area contributed by atoms with Gasteiger partial charge >= 0.3 is 0 Å². The van der Waals surface area contributed by atoms with Gasteiger partial charge in [0.1, 0.15) is 12.0 Å². The Balaban J connectivity index is 1.64. The number of fused-ring (bicyclic) bond motifs is 1. The molecule has 3 N–H and O–H groups in total. The first-order chi connectivity index (χ1) is 12.2. The summed E-state index contributed by atoms with van der Waals surface area (Å²) in [5.41, 5.74) is 8.00. The predicted molar refractivity (Wildman–Crippen MR) is 99.5 cm³/mol. The lowest BCUT2D eigenvalue weighted by molar-refractivity contribution is 0.102. The van der Waals surface area contributed by atoms with Crippen molar-refractivity contribution in [3.63, 3.8) is 0 Å². The molecule has 25 heavy (non-hydrogen) atoms. The molecule has 0 spiro atoms. The Bertz CT molecular complexity index is 825. The predicted octanol–water partition coefficient (Wildman–Crippen LogP) is 2.79. The first-order valence-corrected chi connectivity index (χ1v) is 9.32. The molecule has 7 heteroatoms. The SMILES string of the molecule is NC1=NC2(c3cccc(NC(=O)c4ccncn4)c3)CCCC2CS1. The van der Waals surface area contributed by atoms with Crippen LogP contribution in [-0.4, -0.2) is 26.8 Å². The van der Waals surface area contributed by atoms with Crippen LogP contribution < -0.4 is 11.1 Å². The number of nitrogens with one attached hydrogen (secondary N) is 1. The van der Waals surface area contributed by atoms with Gasteiger partial charge in [0.15, 0.2) is 5.17 Å². The van der Waals surface area contributed by atoms with Crippen LogP contribution in [0.1, 0.15) is 35.3 Å². The van der Waals surface area contributed by atoms with Crippen LogP contribution in [0.2, 0.25) is 0 Å². The third-order valence-corrected chi connectivity index (χ3v) is 5.92. The summed E-state index contributed by atoms with van der Waals surface area (Å²) in [6.07, 6.45) is 6.24. The molecule has 6 nitrogen and oxygen atoms in total. The van der Waals surface area contributed by atoms with E-state index in [4.69, 9.17) is 10.7 Å². The number of amides is 1. The molecule has 2 atom stereocenters. The normalized spacial score (nSPS) is 25.1. The number of anilines is 1. The number of nitrogens with two attached hydrogens (primary N) is 1. The molecule has 2 aliphatic rings. The minimum Gasteiger partial charge on any atom is -0.379 e. The van der Waals surface area contributed by atoms with Gasteiger partial charge in [0.05, 0.1) is 5.54 Å². The van der Waals surface area contributed by atoms with Crippen LogP contribution in [0.4, 0.5) is 5.69 Å². The molecule has 128 valence electrons. The molecule has 0 bridgehead atoms. The second-order valence-electron chi connectivity index (χ2n) is 6.40. The number of aromatic nitrogens is 2. The molecule has 1 aliphatic carbocycles. The zero-order valence-electron chi connectivity index (χ0n) is 13.7. The molecular formula is C18H19N5OS. The van der Waals surface area contributed by atoms with Crippen LogP contribution in [0.25, 0.3) is 0 Å². The van der Waals surface area contributed by atoms with E-state index in [9.17, 15) is 4.79 Å². The number of carbonyl (C=O) groups excluding carboxylic acids is 1. The summed E-state index contributed by atoms with van der Waals surface area (Å²) in [5.74, 6) is 1.26. The third-order valence-electron chi connectivity index (χ3n) is 4.96. The van der Waals surface area contributed by atoms with Gasteiger partial charge in [0.25, 0.3) is 5.91 Å². The number of thioether (sulfide) groups is 1. The molecule has 1 fully saturated rings. The van der Waals surface area contributed by atoms with Crippen LogP contribution in [-0.2, 0) is 5.54 Å². The Morgan fingerprint density at radius 2 is 2.28 bits per heavy atom. The smallest absolute Gasteiger partial charge is 0.274 e. The third kappa shape index (κ3) is 3.00. The number of amidine groups is 1. The monoisotopic (exact) mass is 353 g/mol. The maximum atomic E-state index is 12.3. The van der Waals surface area contributed by atoms with Crippen LogP contribution in [0, 0.1) is 5.92 Å². The molecule has 1 amide bonds. The van der Waals surface area contributed by atoms with Crippen molar-refractivity contribution in [3.8, 4) is 0 Å². The van der Waals surface area contributed by atoms with Gasteiger partial charge in [-0.1, -0.05) is 30.3 Å². The van der Waals surface area contributed by atoms with Crippen molar-refractivity contribution >= 4 is 28.5 Å². The summed E-state index contributed by atoms with van der Waals surface area (Å²) in [4.78, 5) is 25.0. The second kappa shape index (κ2) is 6.48. The molecule has 0 saturated heterocycles. The molecule has 4 rings (SSSR count). The van der Waals surface area contributed by atoms with Crippen molar-refractivity contribution in [2.45, 2.75) is 24.8 Å². The van der Waals surface area contributed by atoms with Gasteiger partial charge in [-0.15, -0.1) is 0 Å². The fourth-order valence-corrected chi connectivity index (χ4v) is 4.82. The van der Waals surface area contributed by atoms with E-state index in [0.717, 1.165) is 29.8 Å². The van der Waals surface area contributed by atoms with Gasteiger partial charge in [-0.05, 0) is 42.5 Å². The Kier molecular flexibility index (Phi) is 4.17. The van der Waals surface area contributed by atoms with E-state index in [2.05, 4.69) is 21.4 Å². The minimum absolute atomic E-state index is 0.245. The van der Waals surface area contributed by atoms with Gasteiger partial charge in [-0.3, -0.25) is 9.79 Å². The van der Waals surface area contributed by atoms with Crippen LogP contribution in [0.3, 0.4) is 0 Å². The quantitative estimate of drug-likeness (QED) is 0.885. The molecule has 1 aromatic carbocycles. The zero-order chi connectivity index (χ0) is 17.3. The van der Waals surface area contributed by atoms with E-state index in [1.54, 1.807) is 24.0 Å². The van der Waals surface area contributed by atoms with Crippen molar-refractivity contribution in [3.05, 3.63) is 54.1 Å². The molecule has 1 aliphatic heterocycles. The number of nitrogens with zero attached hydrogens (tertiary/aromatic N) is 3. The maximum Gasteiger partial charge on any atom is 0.274 e. The van der Waals surface area contributed by atoms with Gasteiger partial charge in [0.2, 0.25) is 0 Å². The largest absolute Gasteiger partial charge is 0.379 e. The summed E-state index contributed by atoms with van der Waals surface area (Å²) in [6, 6.07) is 9.54. The van der Waals surface area contributed by atoms with E-state index in [1.165, 1.54) is 12.7 Å². The number of benzene rings is 1. The Morgan fingerprint density at radius 1 is 1.36 bits per heavy atom. The van der Waals surface area contributed by atoms with E-state index in [0.29, 0.717) is 16.8 Å². The number of rotatable bonds is 3. The van der Waals surface area contributed by atoms with E-state index < -0.39 is 0 Å². The molecule has 0 radical (unpaired) electrons. The average Bonchev–Trinajstić information content (AvgIpc) is 3.07. The minimum atomic E-state index is -0.248. The number of hydrogen-bond acceptors (Lipinski definition) is 6. The second-order valence-corrected chi connectivity index (χ2v) is 7.44. The number of aliphatic imine (C=N–C) groups is 1. The Hall–Kier alpha value is -2.41. The molecule has 2 aromatic rings. The van der Waals surface area contributed by atoms with E-state index >= 15 is 0 Å². The fraction of sp³-hybridized carbons (Fsp3) is 0.333. The molecule has 2 heterocycles. The summed E-state index contributed by atoms with van der Waals surface area (Å²) in [6.45, 7) is 0. The fourth-order valence-electron chi connectivity index (χ4n) is 3.78. The highest BCUT2D eigenvalue weighted by Crippen LogP contribution is 2.50. The maximum absolute atomic E-state index is 12.3. The topological polar surface area (TPSA) is 93.3 Å². The average molecular weight is 353 g/mol. The molecule has 2 unspecified atom stereocenters. The van der Waals surface area contributed by atoms with Gasteiger partial charge in [-0.25, -0.2) is 9.97 Å². The summed E-state index contributed by atoms with van der Waals surface area (Å²) >= 11 is 1.64. The van der Waals surface area contributed by atoms with Crippen LogP contribution in [0.15, 0.2) is 47.8 Å². The van der Waals surface area contributed by atoms with Crippen molar-refractivity contribution in [1.82, 2.24) is 9.97 Å². The van der Waals surface area contributed by atoms with Crippen molar-refractivity contribution in [2.24, 2.45) is 16.6 Å². The Morgan fingerprint density at radius 3 is 3.12 bits per heavy atom. The number of carbonyl (C=O) groups is 1. The standard InChI is InChI=1S/C18H19N5OS/c19-17-23-18(7-2-4-13(18)10-25-17)12-3-1-5-14(9-12)22-16(24)15-6-8-20-11-21-15/h1,3,5-6,8-9,11,13H,2,4,7,10H2,(H2,19,23)(H,22,24). The Labute approximate surface area is 150 Å². The van der Waals surface area contributed by atoms with E-state index in [1.807, 2.05) is 18.2 Å². The zero-order valence-corrected chi connectivity index (χ0v) is 14.5. The molecular weight excluding hydrogens is 334 g/mol. The summed E-state index contributed by atoms with van der Waals surface area (Å²) in [7, 11) is 0. The molecule has 1 aromatic heterocycles. The van der Waals surface area contributed by atoms with Crippen molar-refractivity contribution in [2.75, 3.05) is 11.1 Å².